The summed E-state index contributed by atoms with van der Waals surface area (Å²) in [6, 6.07) is 0. The molecule has 64 valence electrons. The predicted octanol–water partition coefficient (Wildman–Crippen LogP) is -0.569. The average Bonchev–Trinajstić information content (AvgIpc) is 1.95. The molecular weight excluding hydrogens is 146 g/mol. The van der Waals surface area contributed by atoms with Crippen molar-refractivity contribution in [2.24, 2.45) is 5.92 Å². The molecule has 0 aliphatic carbocycles. The quantitative estimate of drug-likeness (QED) is 0.479. The molecule has 4 nitrogen and oxygen atoms in total. The predicted molar refractivity (Wildman–Crippen MR) is 39.2 cm³/mol. The maximum Gasteiger partial charge on any atom is 0.336 e. The van der Waals surface area contributed by atoms with Gasteiger partial charge in [0.2, 0.25) is 0 Å². The average molecular weight is 159 g/mol. The minimum absolute atomic E-state index is 0.214. The summed E-state index contributed by atoms with van der Waals surface area (Å²) in [4.78, 5) is 10.6. The first kappa shape index (κ1) is 8.49. The SMILES string of the molecule is CC1CNCCC1(O)C(=O)O. The van der Waals surface area contributed by atoms with E-state index in [0.29, 0.717) is 19.5 Å². The third-order valence-corrected chi connectivity index (χ3v) is 2.32. The molecule has 1 fully saturated rings. The summed E-state index contributed by atoms with van der Waals surface area (Å²) < 4.78 is 0. The van der Waals surface area contributed by atoms with Crippen molar-refractivity contribution in [1.82, 2.24) is 5.32 Å². The second-order valence-electron chi connectivity index (χ2n) is 3.08. The van der Waals surface area contributed by atoms with Crippen LogP contribution in [0.25, 0.3) is 0 Å². The summed E-state index contributed by atoms with van der Waals surface area (Å²) in [5, 5.41) is 21.3. The number of carboxylic acid groups (broad SMARTS) is 1. The molecule has 1 heterocycles. The van der Waals surface area contributed by atoms with Crippen LogP contribution in [-0.4, -0.2) is 34.9 Å². The van der Waals surface area contributed by atoms with Crippen LogP contribution in [0.2, 0.25) is 0 Å². The number of piperidine rings is 1. The fourth-order valence-corrected chi connectivity index (χ4v) is 1.33. The molecule has 3 N–H and O–H groups in total. The Bertz CT molecular complexity index is 171. The van der Waals surface area contributed by atoms with Gasteiger partial charge in [0.25, 0.3) is 0 Å². The van der Waals surface area contributed by atoms with E-state index in [1.807, 2.05) is 0 Å². The monoisotopic (exact) mass is 159 g/mol. The normalized spacial score (nSPS) is 38.5. The highest BCUT2D eigenvalue weighted by Crippen LogP contribution is 2.23. The van der Waals surface area contributed by atoms with E-state index in [1.165, 1.54) is 0 Å². The van der Waals surface area contributed by atoms with Crippen LogP contribution in [0.1, 0.15) is 13.3 Å². The van der Waals surface area contributed by atoms with E-state index in [9.17, 15) is 9.90 Å². The van der Waals surface area contributed by atoms with Gasteiger partial charge in [-0.15, -0.1) is 0 Å². The first-order valence-electron chi connectivity index (χ1n) is 3.74. The van der Waals surface area contributed by atoms with Gasteiger partial charge in [0, 0.05) is 12.5 Å². The number of hydrogen-bond donors (Lipinski definition) is 3. The third kappa shape index (κ3) is 1.36. The van der Waals surface area contributed by atoms with Crippen molar-refractivity contribution >= 4 is 5.97 Å². The van der Waals surface area contributed by atoms with Crippen molar-refractivity contribution < 1.29 is 15.0 Å². The second kappa shape index (κ2) is 2.79. The molecule has 2 atom stereocenters. The van der Waals surface area contributed by atoms with Crippen molar-refractivity contribution in [2.45, 2.75) is 18.9 Å². The largest absolute Gasteiger partial charge is 0.479 e. The molecule has 0 aromatic rings. The number of hydrogen-bond acceptors (Lipinski definition) is 3. The van der Waals surface area contributed by atoms with Crippen molar-refractivity contribution in [3.8, 4) is 0 Å². The zero-order valence-corrected chi connectivity index (χ0v) is 6.50. The molecule has 1 aliphatic heterocycles. The number of nitrogens with one attached hydrogen (secondary N) is 1. The lowest BCUT2D eigenvalue weighted by Gasteiger charge is -2.34. The Balaban J connectivity index is 2.72. The van der Waals surface area contributed by atoms with Crippen molar-refractivity contribution in [3.05, 3.63) is 0 Å². The third-order valence-electron chi connectivity index (χ3n) is 2.32. The second-order valence-corrected chi connectivity index (χ2v) is 3.08. The number of carbonyl (C=O) groups is 1. The van der Waals surface area contributed by atoms with E-state index < -0.39 is 11.6 Å². The minimum atomic E-state index is -1.51. The molecule has 0 radical (unpaired) electrons. The molecule has 0 amide bonds. The minimum Gasteiger partial charge on any atom is -0.479 e. The first-order valence-corrected chi connectivity index (χ1v) is 3.74. The molecular formula is C7H13NO3. The highest BCUT2D eigenvalue weighted by Gasteiger charge is 2.42. The summed E-state index contributed by atoms with van der Waals surface area (Å²) in [5.74, 6) is -1.32. The number of aliphatic carboxylic acids is 1. The smallest absolute Gasteiger partial charge is 0.336 e. The molecule has 0 saturated carbocycles. The van der Waals surface area contributed by atoms with E-state index >= 15 is 0 Å². The maximum atomic E-state index is 10.6. The van der Waals surface area contributed by atoms with Crippen LogP contribution in [0.5, 0.6) is 0 Å². The first-order chi connectivity index (χ1) is 5.07. The van der Waals surface area contributed by atoms with Crippen LogP contribution in [0, 0.1) is 5.92 Å². The standard InChI is InChI=1S/C7H13NO3/c1-5-4-8-3-2-7(5,11)6(9)10/h5,8,11H,2-4H2,1H3,(H,9,10). The lowest BCUT2D eigenvalue weighted by Crippen LogP contribution is -2.54. The Morgan fingerprint density at radius 2 is 2.36 bits per heavy atom. The maximum absolute atomic E-state index is 10.6. The molecule has 1 aliphatic rings. The van der Waals surface area contributed by atoms with Gasteiger partial charge < -0.3 is 15.5 Å². The fraction of sp³-hybridized carbons (Fsp3) is 0.857. The van der Waals surface area contributed by atoms with Gasteiger partial charge in [-0.05, 0) is 13.0 Å². The molecule has 4 heteroatoms. The van der Waals surface area contributed by atoms with Gasteiger partial charge in [0.05, 0.1) is 0 Å². The highest BCUT2D eigenvalue weighted by atomic mass is 16.4. The van der Waals surface area contributed by atoms with E-state index in [4.69, 9.17) is 5.11 Å². The van der Waals surface area contributed by atoms with Crippen molar-refractivity contribution in [3.63, 3.8) is 0 Å². The molecule has 0 aromatic heterocycles. The van der Waals surface area contributed by atoms with Crippen LogP contribution in [0.4, 0.5) is 0 Å². The Morgan fingerprint density at radius 3 is 2.73 bits per heavy atom. The molecule has 2 unspecified atom stereocenters. The summed E-state index contributed by atoms with van der Waals surface area (Å²) in [6.45, 7) is 2.89. The zero-order valence-electron chi connectivity index (χ0n) is 6.50. The van der Waals surface area contributed by atoms with Gasteiger partial charge >= 0.3 is 5.97 Å². The Morgan fingerprint density at radius 1 is 1.73 bits per heavy atom. The Kier molecular flexibility index (Phi) is 2.15. The van der Waals surface area contributed by atoms with Crippen LogP contribution in [0.15, 0.2) is 0 Å². The Hall–Kier alpha value is -0.610. The summed E-state index contributed by atoms with van der Waals surface area (Å²) in [6.07, 6.45) is 0.295. The zero-order chi connectivity index (χ0) is 8.48. The van der Waals surface area contributed by atoms with E-state index in [1.54, 1.807) is 6.92 Å². The van der Waals surface area contributed by atoms with Gasteiger partial charge in [-0.1, -0.05) is 6.92 Å². The van der Waals surface area contributed by atoms with E-state index in [0.717, 1.165) is 0 Å². The summed E-state index contributed by atoms with van der Waals surface area (Å²) in [5.41, 5.74) is -1.51. The lowest BCUT2D eigenvalue weighted by atomic mass is 9.83. The topological polar surface area (TPSA) is 69.6 Å². The molecule has 0 bridgehead atoms. The van der Waals surface area contributed by atoms with E-state index in [2.05, 4.69) is 5.32 Å². The van der Waals surface area contributed by atoms with Gasteiger partial charge in [-0.2, -0.15) is 0 Å². The molecule has 0 aromatic carbocycles. The summed E-state index contributed by atoms with van der Waals surface area (Å²) in [7, 11) is 0. The van der Waals surface area contributed by atoms with Gasteiger partial charge in [0.1, 0.15) is 0 Å². The van der Waals surface area contributed by atoms with Crippen LogP contribution in [-0.2, 0) is 4.79 Å². The number of rotatable bonds is 1. The molecule has 11 heavy (non-hydrogen) atoms. The van der Waals surface area contributed by atoms with Gasteiger partial charge in [0.15, 0.2) is 5.60 Å². The van der Waals surface area contributed by atoms with Crippen molar-refractivity contribution in [2.75, 3.05) is 13.1 Å². The van der Waals surface area contributed by atoms with E-state index in [-0.39, 0.29) is 5.92 Å². The van der Waals surface area contributed by atoms with Crippen LogP contribution < -0.4 is 5.32 Å². The molecule has 1 saturated heterocycles. The number of aliphatic hydroxyl groups is 1. The number of carboxylic acids is 1. The Labute approximate surface area is 65.2 Å². The van der Waals surface area contributed by atoms with Crippen molar-refractivity contribution in [1.29, 1.82) is 0 Å². The highest BCUT2D eigenvalue weighted by molar-refractivity contribution is 5.77. The lowest BCUT2D eigenvalue weighted by molar-refractivity contribution is -0.166. The van der Waals surface area contributed by atoms with Crippen LogP contribution >= 0.6 is 0 Å². The fourth-order valence-electron chi connectivity index (χ4n) is 1.33. The van der Waals surface area contributed by atoms with Gasteiger partial charge in [-0.25, -0.2) is 4.79 Å². The van der Waals surface area contributed by atoms with Gasteiger partial charge in [-0.3, -0.25) is 0 Å². The van der Waals surface area contributed by atoms with Crippen LogP contribution in [0.3, 0.4) is 0 Å². The molecule has 0 spiro atoms. The summed E-state index contributed by atoms with van der Waals surface area (Å²) >= 11 is 0. The molecule has 1 rings (SSSR count).